The van der Waals surface area contributed by atoms with Gasteiger partial charge in [0.25, 0.3) is 5.88 Å². The molecule has 7 rings (SSSR count). The minimum absolute atomic E-state index is 0.0235. The lowest BCUT2D eigenvalue weighted by Crippen LogP contribution is -2.63. The summed E-state index contributed by atoms with van der Waals surface area (Å²) in [5.74, 6) is -2.77. The minimum atomic E-state index is -2.49. The Bertz CT molecular complexity index is 1940. The Morgan fingerprint density at radius 2 is 1.56 bits per heavy atom. The van der Waals surface area contributed by atoms with Crippen molar-refractivity contribution in [3.8, 4) is 11.6 Å². The maximum absolute atomic E-state index is 14.7. The fourth-order valence-corrected chi connectivity index (χ4v) is 8.40. The highest BCUT2D eigenvalue weighted by Crippen LogP contribution is 2.57. The van der Waals surface area contributed by atoms with Crippen molar-refractivity contribution in [1.82, 2.24) is 10.1 Å². The number of benzene rings is 3. The fraction of sp³-hybridized carbons (Fsp3) is 0.324. The number of nitrogens with zero attached hydrogens (tertiary/aromatic N) is 3. The fourth-order valence-electron chi connectivity index (χ4n) is 7.60. The summed E-state index contributed by atoms with van der Waals surface area (Å²) in [6.07, 6.45) is 0.611. The van der Waals surface area contributed by atoms with Gasteiger partial charge in [0.2, 0.25) is 11.6 Å². The van der Waals surface area contributed by atoms with Gasteiger partial charge in [0.1, 0.15) is 30.3 Å². The summed E-state index contributed by atoms with van der Waals surface area (Å²) < 4.78 is 18.7. The van der Waals surface area contributed by atoms with Crippen LogP contribution in [-0.4, -0.2) is 65.6 Å². The number of Topliss-reactive ketones (excluding diaryl/α,β-unsaturated/α-hetero) is 2. The average Bonchev–Trinajstić information content (AvgIpc) is 3.48. The molecule has 4 aromatic rings. The number of hydrogen-bond acceptors (Lipinski definition) is 10. The third kappa shape index (κ3) is 5.03. The van der Waals surface area contributed by atoms with Gasteiger partial charge in [-0.05, 0) is 76.7 Å². The highest BCUT2D eigenvalue weighted by Gasteiger charge is 2.65. The molecule has 3 aliphatic carbocycles. The van der Waals surface area contributed by atoms with E-state index >= 15 is 0 Å². The Labute approximate surface area is 286 Å². The van der Waals surface area contributed by atoms with Crippen molar-refractivity contribution in [3.63, 3.8) is 0 Å². The maximum Gasteiger partial charge on any atom is 0.265 e. The van der Waals surface area contributed by atoms with Crippen LogP contribution in [0.2, 0.25) is 0 Å². The summed E-state index contributed by atoms with van der Waals surface area (Å²) in [4.78, 5) is 32.8. The van der Waals surface area contributed by atoms with E-state index in [-0.39, 0.29) is 48.2 Å². The van der Waals surface area contributed by atoms with Crippen molar-refractivity contribution in [3.05, 3.63) is 110 Å². The predicted molar refractivity (Wildman–Crippen MR) is 182 cm³/mol. The number of fused-ring (bicyclic) bond motifs is 4. The van der Waals surface area contributed by atoms with E-state index in [1.807, 2.05) is 84.6 Å². The molecule has 0 radical (unpaired) electrons. The van der Waals surface area contributed by atoms with Crippen LogP contribution in [-0.2, 0) is 24.4 Å². The number of aliphatic hydroxyl groups excluding tert-OH is 1. The summed E-state index contributed by atoms with van der Waals surface area (Å²) in [5.41, 5.74) is 1.29. The van der Waals surface area contributed by atoms with Crippen LogP contribution in [0.4, 0.5) is 5.69 Å². The molecule has 1 aromatic heterocycles. The zero-order chi connectivity index (χ0) is 33.9. The SMILES string of the molecule is CN(C)c1c(Br)cc(OCc2ccccc2)c2c1C[C@H]1C[C@H]3[C@H](N(C)C)c4onc(OCc5ccccc5)c4C(=O)[C@@]3(O)C(=O)C1=C2O. The van der Waals surface area contributed by atoms with Crippen LogP contribution in [0.3, 0.4) is 0 Å². The molecule has 0 bridgehead atoms. The van der Waals surface area contributed by atoms with Crippen LogP contribution >= 0.6 is 15.9 Å². The number of ether oxygens (including phenoxy) is 2. The third-order valence-electron chi connectivity index (χ3n) is 9.70. The normalized spacial score (nSPS) is 22.9. The second-order valence-electron chi connectivity index (χ2n) is 13.1. The molecule has 0 unspecified atom stereocenters. The van der Waals surface area contributed by atoms with E-state index in [1.54, 1.807) is 20.2 Å². The Kier molecular flexibility index (Phi) is 8.17. The van der Waals surface area contributed by atoms with Crippen LogP contribution in [0.5, 0.6) is 11.6 Å². The van der Waals surface area contributed by atoms with Gasteiger partial charge in [-0.3, -0.25) is 14.5 Å². The molecule has 11 heteroatoms. The molecule has 248 valence electrons. The van der Waals surface area contributed by atoms with E-state index in [0.717, 1.165) is 26.9 Å². The molecule has 0 aliphatic heterocycles. The summed E-state index contributed by atoms with van der Waals surface area (Å²) in [5, 5.41) is 28.5. The van der Waals surface area contributed by atoms with Gasteiger partial charge in [0.15, 0.2) is 11.4 Å². The summed E-state index contributed by atoms with van der Waals surface area (Å²) in [6.45, 7) is 0.341. The molecule has 4 atom stereocenters. The first kappa shape index (κ1) is 32.1. The zero-order valence-electron chi connectivity index (χ0n) is 27.1. The molecule has 0 amide bonds. The number of anilines is 1. The molecule has 1 saturated carbocycles. The molecule has 48 heavy (non-hydrogen) atoms. The van der Waals surface area contributed by atoms with E-state index < -0.39 is 35.0 Å². The summed E-state index contributed by atoms with van der Waals surface area (Å²) in [7, 11) is 7.44. The number of rotatable bonds is 8. The smallest absolute Gasteiger partial charge is 0.265 e. The van der Waals surface area contributed by atoms with Gasteiger partial charge in [-0.25, -0.2) is 0 Å². The summed E-state index contributed by atoms with van der Waals surface area (Å²) in [6, 6.07) is 20.1. The predicted octanol–water partition coefficient (Wildman–Crippen LogP) is 5.92. The van der Waals surface area contributed by atoms with Crippen LogP contribution in [0.1, 0.15) is 50.8 Å². The number of halogens is 1. The first-order valence-electron chi connectivity index (χ1n) is 15.8. The third-order valence-corrected chi connectivity index (χ3v) is 10.3. The number of hydrogen-bond donors (Lipinski definition) is 2. The van der Waals surface area contributed by atoms with Gasteiger partial charge in [0.05, 0.1) is 17.3 Å². The Morgan fingerprint density at radius 1 is 0.938 bits per heavy atom. The van der Waals surface area contributed by atoms with Crippen molar-refractivity contribution >= 4 is 38.9 Å². The lowest BCUT2D eigenvalue weighted by molar-refractivity contribution is -0.142. The van der Waals surface area contributed by atoms with Gasteiger partial charge >= 0.3 is 0 Å². The lowest BCUT2D eigenvalue weighted by atomic mass is 9.57. The highest BCUT2D eigenvalue weighted by molar-refractivity contribution is 9.10. The number of carbonyl (C=O) groups is 2. The zero-order valence-corrected chi connectivity index (χ0v) is 28.7. The summed E-state index contributed by atoms with van der Waals surface area (Å²) >= 11 is 3.71. The van der Waals surface area contributed by atoms with Gasteiger partial charge in [0, 0.05) is 30.1 Å². The first-order chi connectivity index (χ1) is 23.0. The first-order valence-corrected chi connectivity index (χ1v) is 16.6. The van der Waals surface area contributed by atoms with Gasteiger partial charge in [-0.2, -0.15) is 0 Å². The molecule has 0 spiro atoms. The van der Waals surface area contributed by atoms with E-state index in [1.165, 1.54) is 0 Å². The maximum atomic E-state index is 14.7. The van der Waals surface area contributed by atoms with Crippen LogP contribution in [0.25, 0.3) is 5.76 Å². The molecule has 2 N–H and O–H groups in total. The van der Waals surface area contributed by atoms with E-state index in [0.29, 0.717) is 17.7 Å². The van der Waals surface area contributed by atoms with E-state index in [2.05, 4.69) is 21.1 Å². The van der Waals surface area contributed by atoms with Crippen LogP contribution in [0.15, 0.2) is 81.3 Å². The van der Waals surface area contributed by atoms with Gasteiger partial charge in [-0.15, -0.1) is 0 Å². The molecular formula is C37H36BrN3O7. The van der Waals surface area contributed by atoms with E-state index in [4.69, 9.17) is 14.0 Å². The molecular weight excluding hydrogens is 678 g/mol. The number of carbonyl (C=O) groups excluding carboxylic acids is 2. The topological polar surface area (TPSA) is 126 Å². The lowest BCUT2D eigenvalue weighted by Gasteiger charge is -2.49. The molecule has 10 nitrogen and oxygen atoms in total. The molecule has 0 saturated heterocycles. The number of aromatic nitrogens is 1. The number of ketones is 2. The minimum Gasteiger partial charge on any atom is -0.507 e. The van der Waals surface area contributed by atoms with Gasteiger partial charge < -0.3 is 29.1 Å². The monoisotopic (exact) mass is 713 g/mol. The van der Waals surface area contributed by atoms with Crippen molar-refractivity contribution in [2.75, 3.05) is 33.1 Å². The van der Waals surface area contributed by atoms with Crippen LogP contribution in [0, 0.1) is 11.8 Å². The molecule has 3 aromatic carbocycles. The largest absolute Gasteiger partial charge is 0.507 e. The molecule has 3 aliphatic rings. The van der Waals surface area contributed by atoms with Crippen molar-refractivity contribution in [1.29, 1.82) is 0 Å². The quantitative estimate of drug-likeness (QED) is 0.213. The molecule has 1 fully saturated rings. The van der Waals surface area contributed by atoms with Gasteiger partial charge in [-0.1, -0.05) is 60.7 Å². The molecule has 1 heterocycles. The highest BCUT2D eigenvalue weighted by atomic mass is 79.9. The van der Waals surface area contributed by atoms with E-state index in [9.17, 15) is 19.8 Å². The second-order valence-corrected chi connectivity index (χ2v) is 13.9. The average molecular weight is 715 g/mol. The Hall–Kier alpha value is -4.45. The number of aliphatic hydroxyl groups is 2. The Morgan fingerprint density at radius 3 is 2.17 bits per heavy atom. The second kappa shape index (κ2) is 12.2. The van der Waals surface area contributed by atoms with Crippen molar-refractivity contribution in [2.45, 2.75) is 37.7 Å². The Balaban J connectivity index is 1.33. The van der Waals surface area contributed by atoms with Crippen LogP contribution < -0.4 is 14.4 Å². The van der Waals surface area contributed by atoms with Crippen molar-refractivity contribution < 1.29 is 33.8 Å². The van der Waals surface area contributed by atoms with Crippen molar-refractivity contribution in [2.24, 2.45) is 11.8 Å². The standard InChI is InChI=1S/C37H36BrN3O7/c1-40(2)30-23-15-22-16-24-31(41(3)4)33-29(36(39-48-33)47-19-21-13-9-6-10-14-21)35(44)37(24,45)34(43)27(22)32(42)28(23)26(17-25(30)38)46-18-20-11-7-5-8-12-20/h5-14,17,22,24,31,42,45H,15-16,18-19H2,1-4H3/t22-,24-,31-,37-/m0/s1.